The second kappa shape index (κ2) is 9.11. The quantitative estimate of drug-likeness (QED) is 0.461. The van der Waals surface area contributed by atoms with Gasteiger partial charge in [-0.1, -0.05) is 18.2 Å². The lowest BCUT2D eigenvalue weighted by molar-refractivity contribution is -0.114. The smallest absolute Gasteiger partial charge is 0.221 e. The molecular formula is C27H26N4O3. The summed E-state index contributed by atoms with van der Waals surface area (Å²) in [6.07, 6.45) is -0.248. The molecule has 172 valence electrons. The number of nitrogens with zero attached hydrogens (tertiary/aromatic N) is 2. The number of aryl methyl sites for hydroxylation is 1. The molecule has 0 saturated carbocycles. The van der Waals surface area contributed by atoms with Crippen LogP contribution in [-0.4, -0.2) is 29.5 Å². The van der Waals surface area contributed by atoms with E-state index in [0.29, 0.717) is 18.9 Å². The van der Waals surface area contributed by atoms with E-state index in [2.05, 4.69) is 27.8 Å². The maximum atomic E-state index is 11.3. The SMILES string of the molecule is COc1ccc2c(C3CNCc4cc(-c5ccc(NC(C)=O)cc5)ccc4O3)nc(C)nc2c1. The van der Waals surface area contributed by atoms with E-state index in [1.165, 1.54) is 6.92 Å². The third-order valence-corrected chi connectivity index (χ3v) is 5.86. The van der Waals surface area contributed by atoms with Crippen LogP contribution in [0.25, 0.3) is 22.0 Å². The van der Waals surface area contributed by atoms with E-state index in [1.54, 1.807) is 7.11 Å². The lowest BCUT2D eigenvalue weighted by Gasteiger charge is -2.19. The van der Waals surface area contributed by atoms with Gasteiger partial charge in [-0.25, -0.2) is 9.97 Å². The Labute approximate surface area is 198 Å². The molecule has 0 fully saturated rings. The normalized spacial score (nSPS) is 15.2. The molecule has 4 aromatic rings. The Morgan fingerprint density at radius 2 is 1.85 bits per heavy atom. The van der Waals surface area contributed by atoms with Crippen molar-refractivity contribution in [3.63, 3.8) is 0 Å². The Bertz CT molecular complexity index is 1370. The predicted octanol–water partition coefficient (Wildman–Crippen LogP) is 4.80. The Hall–Kier alpha value is -3.97. The fourth-order valence-corrected chi connectivity index (χ4v) is 4.27. The number of fused-ring (bicyclic) bond motifs is 2. The van der Waals surface area contributed by atoms with Crippen LogP contribution < -0.4 is 20.1 Å². The van der Waals surface area contributed by atoms with Crippen molar-refractivity contribution in [3.05, 3.63) is 77.7 Å². The highest BCUT2D eigenvalue weighted by Gasteiger charge is 2.23. The van der Waals surface area contributed by atoms with E-state index < -0.39 is 0 Å². The monoisotopic (exact) mass is 454 g/mol. The number of benzene rings is 3. The van der Waals surface area contributed by atoms with Crippen molar-refractivity contribution < 1.29 is 14.3 Å². The number of anilines is 1. The second-order valence-corrected chi connectivity index (χ2v) is 8.36. The van der Waals surface area contributed by atoms with Crippen molar-refractivity contribution in [2.24, 2.45) is 0 Å². The lowest BCUT2D eigenvalue weighted by atomic mass is 10.0. The van der Waals surface area contributed by atoms with Crippen molar-refractivity contribution in [2.75, 3.05) is 19.0 Å². The third-order valence-electron chi connectivity index (χ3n) is 5.86. The van der Waals surface area contributed by atoms with Crippen molar-refractivity contribution in [3.8, 4) is 22.6 Å². The lowest BCUT2D eigenvalue weighted by Crippen LogP contribution is -2.23. The third kappa shape index (κ3) is 4.43. The first kappa shape index (κ1) is 21.9. The van der Waals surface area contributed by atoms with Crippen LogP contribution in [0.5, 0.6) is 11.5 Å². The molecule has 1 aliphatic heterocycles. The molecule has 5 rings (SSSR count). The van der Waals surface area contributed by atoms with E-state index in [1.807, 2.05) is 55.5 Å². The van der Waals surface area contributed by atoms with Crippen LogP contribution in [0.2, 0.25) is 0 Å². The van der Waals surface area contributed by atoms with Gasteiger partial charge in [-0.3, -0.25) is 4.79 Å². The average molecular weight is 455 g/mol. The van der Waals surface area contributed by atoms with Crippen molar-refractivity contribution >= 4 is 22.5 Å². The fraction of sp³-hybridized carbons (Fsp3) is 0.222. The zero-order valence-corrected chi connectivity index (χ0v) is 19.4. The van der Waals surface area contributed by atoms with Gasteiger partial charge in [-0.2, -0.15) is 0 Å². The number of methoxy groups -OCH3 is 1. The molecule has 1 aromatic heterocycles. The minimum atomic E-state index is -0.248. The fourth-order valence-electron chi connectivity index (χ4n) is 4.27. The molecule has 1 amide bonds. The summed E-state index contributed by atoms with van der Waals surface area (Å²) >= 11 is 0. The maximum absolute atomic E-state index is 11.3. The van der Waals surface area contributed by atoms with Gasteiger partial charge in [0.25, 0.3) is 0 Å². The van der Waals surface area contributed by atoms with Crippen molar-refractivity contribution in [1.29, 1.82) is 0 Å². The van der Waals surface area contributed by atoms with Gasteiger partial charge >= 0.3 is 0 Å². The number of ether oxygens (including phenoxy) is 2. The zero-order valence-electron chi connectivity index (χ0n) is 19.4. The van der Waals surface area contributed by atoms with Gasteiger partial charge in [0.2, 0.25) is 5.91 Å². The Balaban J connectivity index is 1.44. The molecule has 0 saturated heterocycles. The molecule has 0 aliphatic carbocycles. The molecule has 7 heteroatoms. The summed E-state index contributed by atoms with van der Waals surface area (Å²) in [5.74, 6) is 2.22. The van der Waals surface area contributed by atoms with Crippen molar-refractivity contribution in [1.82, 2.24) is 15.3 Å². The minimum Gasteiger partial charge on any atom is -0.497 e. The number of hydrogen-bond acceptors (Lipinski definition) is 6. The molecule has 1 atom stereocenters. The molecule has 0 spiro atoms. The van der Waals surface area contributed by atoms with E-state index in [9.17, 15) is 4.79 Å². The highest BCUT2D eigenvalue weighted by molar-refractivity contribution is 5.89. The number of rotatable bonds is 4. The molecule has 1 unspecified atom stereocenters. The van der Waals surface area contributed by atoms with Crippen LogP contribution in [-0.2, 0) is 11.3 Å². The van der Waals surface area contributed by atoms with Crippen LogP contribution in [0, 0.1) is 6.92 Å². The maximum Gasteiger partial charge on any atom is 0.221 e. The van der Waals surface area contributed by atoms with Gasteiger partial charge in [-0.05, 0) is 54.4 Å². The predicted molar refractivity (Wildman–Crippen MR) is 132 cm³/mol. The van der Waals surface area contributed by atoms with Crippen LogP contribution in [0.3, 0.4) is 0 Å². The molecule has 2 N–H and O–H groups in total. The first-order valence-electron chi connectivity index (χ1n) is 11.2. The summed E-state index contributed by atoms with van der Waals surface area (Å²) in [7, 11) is 1.65. The Morgan fingerprint density at radius 1 is 1.06 bits per heavy atom. The van der Waals surface area contributed by atoms with Crippen LogP contribution in [0.4, 0.5) is 5.69 Å². The number of carbonyl (C=O) groups is 1. The van der Waals surface area contributed by atoms with Gasteiger partial charge in [0.05, 0.1) is 18.3 Å². The van der Waals surface area contributed by atoms with Gasteiger partial charge in [0.15, 0.2) is 6.10 Å². The number of nitrogens with one attached hydrogen (secondary N) is 2. The van der Waals surface area contributed by atoms with E-state index in [0.717, 1.165) is 50.5 Å². The number of aromatic nitrogens is 2. The van der Waals surface area contributed by atoms with Crippen LogP contribution in [0.15, 0.2) is 60.7 Å². The number of amides is 1. The molecular weight excluding hydrogens is 428 g/mol. The van der Waals surface area contributed by atoms with Crippen LogP contribution >= 0.6 is 0 Å². The van der Waals surface area contributed by atoms with Crippen molar-refractivity contribution in [2.45, 2.75) is 26.5 Å². The molecule has 2 heterocycles. The summed E-state index contributed by atoms with van der Waals surface area (Å²) < 4.78 is 11.8. The highest BCUT2D eigenvalue weighted by Crippen LogP contribution is 2.34. The Kier molecular flexibility index (Phi) is 5.86. The molecule has 7 nitrogen and oxygen atoms in total. The van der Waals surface area contributed by atoms with Gasteiger partial charge < -0.3 is 20.1 Å². The second-order valence-electron chi connectivity index (χ2n) is 8.36. The van der Waals surface area contributed by atoms with E-state index >= 15 is 0 Å². The summed E-state index contributed by atoms with van der Waals surface area (Å²) in [5, 5.41) is 7.27. The largest absolute Gasteiger partial charge is 0.497 e. The zero-order chi connectivity index (χ0) is 23.7. The van der Waals surface area contributed by atoms with E-state index in [4.69, 9.17) is 14.5 Å². The minimum absolute atomic E-state index is 0.0821. The summed E-state index contributed by atoms with van der Waals surface area (Å²) in [5.41, 5.74) is 5.74. The summed E-state index contributed by atoms with van der Waals surface area (Å²) in [6, 6.07) is 19.9. The summed E-state index contributed by atoms with van der Waals surface area (Å²) in [4.78, 5) is 20.6. The van der Waals surface area contributed by atoms with Gasteiger partial charge in [-0.15, -0.1) is 0 Å². The topological polar surface area (TPSA) is 85.4 Å². The molecule has 0 bridgehead atoms. The first-order valence-corrected chi connectivity index (χ1v) is 11.2. The highest BCUT2D eigenvalue weighted by atomic mass is 16.5. The van der Waals surface area contributed by atoms with Crippen LogP contribution in [0.1, 0.15) is 30.1 Å². The number of carbonyl (C=O) groups excluding carboxylic acids is 1. The van der Waals surface area contributed by atoms with E-state index in [-0.39, 0.29) is 12.0 Å². The number of hydrogen-bond donors (Lipinski definition) is 2. The van der Waals surface area contributed by atoms with Gasteiger partial charge in [0, 0.05) is 42.7 Å². The average Bonchev–Trinajstić information content (AvgIpc) is 3.05. The van der Waals surface area contributed by atoms with Gasteiger partial charge in [0.1, 0.15) is 17.3 Å². The molecule has 1 aliphatic rings. The standard InChI is InChI=1S/C27H26N4O3/c1-16-29-24-13-22(33-3)9-10-23(24)27(30-16)26-15-28-14-20-12-19(6-11-25(20)34-26)18-4-7-21(8-5-18)31-17(2)32/h4-13,26,28H,14-15H2,1-3H3,(H,31,32). The molecule has 0 radical (unpaired) electrons. The Morgan fingerprint density at radius 3 is 2.62 bits per heavy atom. The first-order chi connectivity index (χ1) is 16.5. The molecule has 3 aromatic carbocycles. The summed E-state index contributed by atoms with van der Waals surface area (Å²) in [6.45, 7) is 4.72. The molecule has 34 heavy (non-hydrogen) atoms.